The summed E-state index contributed by atoms with van der Waals surface area (Å²) in [4.78, 5) is 25.1. The van der Waals surface area contributed by atoms with Crippen molar-refractivity contribution in [3.8, 4) is 0 Å². The Labute approximate surface area is 187 Å². The van der Waals surface area contributed by atoms with Gasteiger partial charge in [0.15, 0.2) is 0 Å². The summed E-state index contributed by atoms with van der Waals surface area (Å²) < 4.78 is 33.2. The molecule has 0 saturated heterocycles. The van der Waals surface area contributed by atoms with E-state index in [1.807, 2.05) is 30.3 Å². The monoisotopic (exact) mass is 455 g/mol. The molecular formula is C23H25N3O5S. The Morgan fingerprint density at radius 3 is 2.50 bits per heavy atom. The van der Waals surface area contributed by atoms with Gasteiger partial charge >= 0.3 is 12.0 Å². The average molecular weight is 456 g/mol. The van der Waals surface area contributed by atoms with E-state index in [0.29, 0.717) is 0 Å². The van der Waals surface area contributed by atoms with Crippen LogP contribution in [0.4, 0.5) is 4.79 Å². The van der Waals surface area contributed by atoms with Crippen molar-refractivity contribution in [3.05, 3.63) is 77.0 Å². The second kappa shape index (κ2) is 9.04. The lowest BCUT2D eigenvalue weighted by Gasteiger charge is -2.27. The molecule has 4 rings (SSSR count). The van der Waals surface area contributed by atoms with E-state index in [-0.39, 0.29) is 17.1 Å². The summed E-state index contributed by atoms with van der Waals surface area (Å²) in [5.41, 5.74) is 5.95. The molecule has 0 aromatic heterocycles. The summed E-state index contributed by atoms with van der Waals surface area (Å²) in [5.74, 6) is -0.764. The molecule has 0 saturated carbocycles. The van der Waals surface area contributed by atoms with Gasteiger partial charge in [-0.3, -0.25) is 5.43 Å². The van der Waals surface area contributed by atoms with Crippen LogP contribution < -0.4 is 10.1 Å². The van der Waals surface area contributed by atoms with Gasteiger partial charge in [-0.05, 0) is 55.9 Å². The van der Waals surface area contributed by atoms with Crippen molar-refractivity contribution in [1.82, 2.24) is 15.2 Å². The molecule has 168 valence electrons. The van der Waals surface area contributed by atoms with Crippen LogP contribution in [0.25, 0.3) is 0 Å². The number of carbonyl (C=O) groups excluding carboxylic acids is 2. The zero-order valence-electron chi connectivity index (χ0n) is 17.7. The highest BCUT2D eigenvalue weighted by molar-refractivity contribution is 7.90. The van der Waals surface area contributed by atoms with Crippen molar-refractivity contribution >= 4 is 22.0 Å². The Morgan fingerprint density at radius 1 is 1.06 bits per heavy atom. The summed E-state index contributed by atoms with van der Waals surface area (Å²) >= 11 is 0. The molecule has 2 aromatic rings. The van der Waals surface area contributed by atoms with Gasteiger partial charge in [0, 0.05) is 5.70 Å². The van der Waals surface area contributed by atoms with Crippen LogP contribution in [-0.4, -0.2) is 32.0 Å². The first-order valence-electron chi connectivity index (χ1n) is 10.6. The van der Waals surface area contributed by atoms with Gasteiger partial charge in [-0.25, -0.2) is 27.7 Å². The lowest BCUT2D eigenvalue weighted by atomic mass is 9.89. The number of benzene rings is 2. The number of amides is 2. The predicted octanol–water partition coefficient (Wildman–Crippen LogP) is 3.65. The lowest BCUT2D eigenvalue weighted by molar-refractivity contribution is 0.0521. The van der Waals surface area contributed by atoms with Crippen LogP contribution in [0, 0.1) is 0 Å². The molecule has 2 aliphatic rings. The quantitative estimate of drug-likeness (QED) is 0.667. The minimum Gasteiger partial charge on any atom is -0.462 e. The van der Waals surface area contributed by atoms with Crippen molar-refractivity contribution < 1.29 is 22.7 Å². The molecule has 0 fully saturated rings. The third-order valence-electron chi connectivity index (χ3n) is 5.58. The Balaban J connectivity index is 1.63. The van der Waals surface area contributed by atoms with Gasteiger partial charge in [-0.1, -0.05) is 42.5 Å². The number of ether oxygens (including phenoxy) is 1. The van der Waals surface area contributed by atoms with Crippen molar-refractivity contribution in [1.29, 1.82) is 0 Å². The first-order valence-corrected chi connectivity index (χ1v) is 12.1. The summed E-state index contributed by atoms with van der Waals surface area (Å²) in [6, 6.07) is 14.0. The van der Waals surface area contributed by atoms with Crippen molar-refractivity contribution in [3.63, 3.8) is 0 Å². The number of hydrazine groups is 1. The van der Waals surface area contributed by atoms with Crippen LogP contribution in [0.15, 0.2) is 70.8 Å². The fourth-order valence-electron chi connectivity index (χ4n) is 4.18. The Kier molecular flexibility index (Phi) is 6.18. The molecule has 1 aliphatic heterocycles. The van der Waals surface area contributed by atoms with Crippen LogP contribution in [0.1, 0.15) is 54.6 Å². The number of allylic oxidation sites excluding steroid dienone is 1. The summed E-state index contributed by atoms with van der Waals surface area (Å²) in [6.45, 7) is 1.74. The molecule has 0 spiro atoms. The van der Waals surface area contributed by atoms with Crippen molar-refractivity contribution in [2.24, 2.45) is 0 Å². The third kappa shape index (κ3) is 4.20. The number of rotatable bonds is 5. The van der Waals surface area contributed by atoms with E-state index in [0.717, 1.165) is 42.5 Å². The second-order valence-corrected chi connectivity index (χ2v) is 9.28. The molecular weight excluding hydrogens is 430 g/mol. The van der Waals surface area contributed by atoms with E-state index < -0.39 is 28.1 Å². The van der Waals surface area contributed by atoms with Crippen LogP contribution in [-0.2, 0) is 14.8 Å². The number of nitrogens with zero attached hydrogens (tertiary/aromatic N) is 1. The van der Waals surface area contributed by atoms with E-state index in [1.165, 1.54) is 23.2 Å². The fraction of sp³-hybridized carbons (Fsp3) is 0.304. The molecule has 1 aliphatic carbocycles. The van der Waals surface area contributed by atoms with Crippen LogP contribution in [0.3, 0.4) is 0 Å². The minimum atomic E-state index is -4.33. The van der Waals surface area contributed by atoms with E-state index in [9.17, 15) is 18.0 Å². The molecule has 9 heteroatoms. The summed E-state index contributed by atoms with van der Waals surface area (Å²) in [7, 11) is -4.33. The standard InChI is InChI=1S/C23H25N3O5S/c1-2-31-22(27)18-13-7-9-15-20(18)32(29,30)25-23(28)26-21(16-10-4-3-5-11-16)17-12-6-8-14-19(17)24-26/h3-5,7,9-11,13,15,21,24H,2,6,8,12,14H2,1H3,(H,25,28). The summed E-state index contributed by atoms with van der Waals surface area (Å²) in [6.07, 6.45) is 3.67. The fourth-order valence-corrected chi connectivity index (χ4v) is 5.31. The highest BCUT2D eigenvalue weighted by Crippen LogP contribution is 2.41. The van der Waals surface area contributed by atoms with Gasteiger partial charge in [0.1, 0.15) is 10.9 Å². The Morgan fingerprint density at radius 2 is 1.75 bits per heavy atom. The van der Waals surface area contributed by atoms with Crippen LogP contribution in [0.2, 0.25) is 0 Å². The van der Waals surface area contributed by atoms with Crippen LogP contribution in [0.5, 0.6) is 0 Å². The Bertz CT molecular complexity index is 1160. The topological polar surface area (TPSA) is 105 Å². The van der Waals surface area contributed by atoms with E-state index in [4.69, 9.17) is 4.74 Å². The first kappa shape index (κ1) is 21.9. The number of esters is 1. The zero-order valence-corrected chi connectivity index (χ0v) is 18.5. The van der Waals surface area contributed by atoms with Gasteiger partial charge < -0.3 is 4.74 Å². The first-order chi connectivity index (χ1) is 15.4. The number of hydrogen-bond donors (Lipinski definition) is 2. The highest BCUT2D eigenvalue weighted by Gasteiger charge is 2.39. The molecule has 2 N–H and O–H groups in total. The number of sulfonamides is 1. The maximum absolute atomic E-state index is 13.2. The molecule has 32 heavy (non-hydrogen) atoms. The number of carbonyl (C=O) groups is 2. The average Bonchev–Trinajstić information content (AvgIpc) is 3.19. The van der Waals surface area contributed by atoms with Gasteiger partial charge in [-0.15, -0.1) is 0 Å². The largest absolute Gasteiger partial charge is 0.462 e. The number of hydrogen-bond acceptors (Lipinski definition) is 6. The zero-order chi connectivity index (χ0) is 22.7. The lowest BCUT2D eigenvalue weighted by Crippen LogP contribution is -2.48. The molecule has 1 unspecified atom stereocenters. The normalized spacial score (nSPS) is 18.0. The molecule has 8 nitrogen and oxygen atoms in total. The molecule has 1 atom stereocenters. The maximum atomic E-state index is 13.2. The minimum absolute atomic E-state index is 0.104. The van der Waals surface area contributed by atoms with Gasteiger partial charge in [0.25, 0.3) is 10.0 Å². The molecule has 2 aromatic carbocycles. The van der Waals surface area contributed by atoms with Crippen LogP contribution >= 0.6 is 0 Å². The number of urea groups is 1. The molecule has 2 amide bonds. The Hall–Kier alpha value is -3.33. The maximum Gasteiger partial charge on any atom is 0.350 e. The second-order valence-electron chi connectivity index (χ2n) is 7.63. The highest BCUT2D eigenvalue weighted by atomic mass is 32.2. The van der Waals surface area contributed by atoms with Gasteiger partial charge in [-0.2, -0.15) is 0 Å². The molecule has 1 heterocycles. The molecule has 0 radical (unpaired) electrons. The van der Waals surface area contributed by atoms with Crippen molar-refractivity contribution in [2.45, 2.75) is 43.5 Å². The predicted molar refractivity (Wildman–Crippen MR) is 118 cm³/mol. The van der Waals surface area contributed by atoms with E-state index in [2.05, 4.69) is 10.1 Å². The smallest absolute Gasteiger partial charge is 0.350 e. The van der Waals surface area contributed by atoms with E-state index in [1.54, 1.807) is 13.0 Å². The molecule has 0 bridgehead atoms. The number of nitrogens with one attached hydrogen (secondary N) is 2. The van der Waals surface area contributed by atoms with E-state index >= 15 is 0 Å². The van der Waals surface area contributed by atoms with Gasteiger partial charge in [0.2, 0.25) is 0 Å². The van der Waals surface area contributed by atoms with Gasteiger partial charge in [0.05, 0.1) is 12.2 Å². The SMILES string of the molecule is CCOC(=O)c1ccccc1S(=O)(=O)NC(=O)N1NC2=C(CCCC2)C1c1ccccc1. The third-order valence-corrected chi connectivity index (χ3v) is 6.96. The van der Waals surface area contributed by atoms with Crippen molar-refractivity contribution in [2.75, 3.05) is 6.61 Å². The summed E-state index contributed by atoms with van der Waals surface area (Å²) in [5, 5.41) is 1.33.